The molecule has 0 bridgehead atoms. The Kier molecular flexibility index (Phi) is 4.56. The van der Waals surface area contributed by atoms with E-state index in [0.717, 1.165) is 25.2 Å². The molecule has 1 aliphatic heterocycles. The van der Waals surface area contributed by atoms with Crippen molar-refractivity contribution in [3.8, 4) is 0 Å². The summed E-state index contributed by atoms with van der Waals surface area (Å²) < 4.78 is 0. The summed E-state index contributed by atoms with van der Waals surface area (Å²) in [4.78, 5) is 16.1. The van der Waals surface area contributed by atoms with Crippen molar-refractivity contribution in [2.24, 2.45) is 5.92 Å². The minimum atomic E-state index is 0.163. The molecule has 3 nitrogen and oxygen atoms in total. The highest BCUT2D eigenvalue weighted by Crippen LogP contribution is 2.29. The highest BCUT2D eigenvalue weighted by molar-refractivity contribution is 7.10. The van der Waals surface area contributed by atoms with Crippen LogP contribution in [0.2, 0.25) is 0 Å². The Hall–Kier alpha value is -1.81. The van der Waals surface area contributed by atoms with Gasteiger partial charge < -0.3 is 10.2 Å². The van der Waals surface area contributed by atoms with Gasteiger partial charge in [0.2, 0.25) is 5.91 Å². The summed E-state index contributed by atoms with van der Waals surface area (Å²) in [7, 11) is 0. The van der Waals surface area contributed by atoms with Crippen molar-refractivity contribution in [2.45, 2.75) is 45.1 Å². The average Bonchev–Trinajstić information content (AvgIpc) is 3.26. The van der Waals surface area contributed by atoms with E-state index in [1.165, 1.54) is 41.8 Å². The first-order chi connectivity index (χ1) is 11.8. The first-order valence-corrected chi connectivity index (χ1v) is 9.86. The topological polar surface area (TPSA) is 32.3 Å². The Labute approximate surface area is 147 Å². The third-order valence-electron chi connectivity index (χ3n) is 5.27. The minimum Gasteiger partial charge on any atom is -0.367 e. The van der Waals surface area contributed by atoms with Crippen LogP contribution in [0.4, 0.5) is 11.4 Å². The van der Waals surface area contributed by atoms with Crippen LogP contribution in [0, 0.1) is 5.92 Å². The molecule has 1 amide bonds. The summed E-state index contributed by atoms with van der Waals surface area (Å²) >= 11 is 1.87. The number of thiophene rings is 1. The van der Waals surface area contributed by atoms with Crippen molar-refractivity contribution in [2.75, 3.05) is 16.8 Å². The fourth-order valence-corrected chi connectivity index (χ4v) is 4.80. The highest BCUT2D eigenvalue weighted by atomic mass is 32.1. The van der Waals surface area contributed by atoms with Gasteiger partial charge in [0.1, 0.15) is 0 Å². The Morgan fingerprint density at radius 3 is 2.75 bits per heavy atom. The molecule has 1 fully saturated rings. The van der Waals surface area contributed by atoms with Gasteiger partial charge in [-0.15, -0.1) is 11.3 Å². The molecule has 1 saturated carbocycles. The molecule has 2 aromatic rings. The highest BCUT2D eigenvalue weighted by Gasteiger charge is 2.19. The minimum absolute atomic E-state index is 0.163. The molecule has 2 heterocycles. The normalized spacial score (nSPS) is 17.8. The summed E-state index contributed by atoms with van der Waals surface area (Å²) in [6.45, 7) is 2.06. The summed E-state index contributed by atoms with van der Waals surface area (Å²) in [6, 6.07) is 10.6. The van der Waals surface area contributed by atoms with Crippen LogP contribution in [0.5, 0.6) is 0 Å². The number of carbonyl (C=O) groups excluding carboxylic acids is 1. The van der Waals surface area contributed by atoms with Crippen LogP contribution < -0.4 is 10.2 Å². The zero-order chi connectivity index (χ0) is 16.4. The molecule has 0 unspecified atom stereocenters. The van der Waals surface area contributed by atoms with Crippen molar-refractivity contribution in [1.82, 2.24) is 0 Å². The molecule has 2 aliphatic rings. The lowest BCUT2D eigenvalue weighted by Gasteiger charge is -2.29. The fourth-order valence-electron chi connectivity index (χ4n) is 3.91. The number of hydrogen-bond donors (Lipinski definition) is 1. The lowest BCUT2D eigenvalue weighted by molar-refractivity contribution is -0.117. The first kappa shape index (κ1) is 15.7. The molecule has 1 N–H and O–H groups in total. The molecule has 1 aromatic heterocycles. The van der Waals surface area contributed by atoms with Gasteiger partial charge in [0.05, 0.1) is 0 Å². The van der Waals surface area contributed by atoms with Gasteiger partial charge in [0.15, 0.2) is 0 Å². The molecule has 0 spiro atoms. The predicted octanol–water partition coefficient (Wildman–Crippen LogP) is 4.83. The number of nitrogens with zero attached hydrogens (tertiary/aromatic N) is 1. The van der Waals surface area contributed by atoms with Gasteiger partial charge in [-0.25, -0.2) is 0 Å². The smallest absolute Gasteiger partial charge is 0.224 e. The monoisotopic (exact) mass is 340 g/mol. The summed E-state index contributed by atoms with van der Waals surface area (Å²) in [6.07, 6.45) is 6.81. The predicted molar refractivity (Wildman–Crippen MR) is 101 cm³/mol. The van der Waals surface area contributed by atoms with Crippen LogP contribution >= 0.6 is 11.3 Å². The number of anilines is 2. The maximum Gasteiger partial charge on any atom is 0.224 e. The van der Waals surface area contributed by atoms with Crippen molar-refractivity contribution >= 4 is 28.6 Å². The maximum absolute atomic E-state index is 12.1. The number of hydrogen-bond acceptors (Lipinski definition) is 3. The lowest BCUT2D eigenvalue weighted by Crippen LogP contribution is -2.29. The van der Waals surface area contributed by atoms with Gasteiger partial charge in [-0.3, -0.25) is 4.79 Å². The Balaban J connectivity index is 1.35. The van der Waals surface area contributed by atoms with E-state index in [0.29, 0.717) is 12.3 Å². The van der Waals surface area contributed by atoms with E-state index >= 15 is 0 Å². The maximum atomic E-state index is 12.1. The van der Waals surface area contributed by atoms with Gasteiger partial charge in [-0.05, 0) is 66.5 Å². The zero-order valence-electron chi connectivity index (χ0n) is 14.0. The van der Waals surface area contributed by atoms with Gasteiger partial charge in [-0.2, -0.15) is 0 Å². The second-order valence-electron chi connectivity index (χ2n) is 6.99. The van der Waals surface area contributed by atoms with Gasteiger partial charge in [0.25, 0.3) is 0 Å². The van der Waals surface area contributed by atoms with Crippen LogP contribution in [0.25, 0.3) is 0 Å². The van der Waals surface area contributed by atoms with E-state index in [2.05, 4.69) is 33.8 Å². The van der Waals surface area contributed by atoms with Crippen molar-refractivity contribution < 1.29 is 4.79 Å². The third kappa shape index (κ3) is 3.48. The van der Waals surface area contributed by atoms with Crippen LogP contribution in [0.3, 0.4) is 0 Å². The molecule has 0 saturated heterocycles. The van der Waals surface area contributed by atoms with Gasteiger partial charge in [-0.1, -0.05) is 12.8 Å². The quantitative estimate of drug-likeness (QED) is 0.864. The van der Waals surface area contributed by atoms with Crippen molar-refractivity contribution in [3.63, 3.8) is 0 Å². The molecule has 4 heteroatoms. The fraction of sp³-hybridized carbons (Fsp3) is 0.450. The molecular formula is C20H24N2OS. The second kappa shape index (κ2) is 6.98. The molecule has 126 valence electrons. The Morgan fingerprint density at radius 2 is 1.96 bits per heavy atom. The van der Waals surface area contributed by atoms with Crippen molar-refractivity contribution in [1.29, 1.82) is 0 Å². The summed E-state index contributed by atoms with van der Waals surface area (Å²) in [5.74, 6) is 0.757. The van der Waals surface area contributed by atoms with E-state index in [9.17, 15) is 4.79 Å². The largest absolute Gasteiger partial charge is 0.367 e. The molecular weight excluding hydrogens is 316 g/mol. The Morgan fingerprint density at radius 1 is 1.17 bits per heavy atom. The SMILES string of the molecule is O=C(CC1CCCC1)Nc1ccc(N2CCc3sccc3C2)cc1. The van der Waals surface area contributed by atoms with E-state index in [-0.39, 0.29) is 5.91 Å². The van der Waals surface area contributed by atoms with Crippen molar-refractivity contribution in [3.05, 3.63) is 46.2 Å². The Bertz CT molecular complexity index is 701. The molecule has 0 atom stereocenters. The standard InChI is InChI=1S/C20H24N2OS/c23-20(13-15-3-1-2-4-15)21-17-5-7-18(8-6-17)22-11-9-19-16(14-22)10-12-24-19/h5-8,10,12,15H,1-4,9,11,13-14H2,(H,21,23). The lowest BCUT2D eigenvalue weighted by atomic mass is 10.0. The van der Waals surface area contributed by atoms with Crippen LogP contribution in [0.15, 0.2) is 35.7 Å². The number of rotatable bonds is 4. The zero-order valence-corrected chi connectivity index (χ0v) is 14.8. The van der Waals surface area contributed by atoms with Crippen LogP contribution in [0.1, 0.15) is 42.5 Å². The van der Waals surface area contributed by atoms with E-state index in [4.69, 9.17) is 0 Å². The number of amides is 1. The van der Waals surface area contributed by atoms with Crippen LogP contribution in [-0.4, -0.2) is 12.5 Å². The summed E-state index contributed by atoms with van der Waals surface area (Å²) in [5.41, 5.74) is 3.61. The molecule has 1 aromatic carbocycles. The number of nitrogens with one attached hydrogen (secondary N) is 1. The summed E-state index contributed by atoms with van der Waals surface area (Å²) in [5, 5.41) is 5.25. The second-order valence-corrected chi connectivity index (χ2v) is 7.99. The number of carbonyl (C=O) groups is 1. The molecule has 1 aliphatic carbocycles. The molecule has 0 radical (unpaired) electrons. The van der Waals surface area contributed by atoms with E-state index in [1.807, 2.05) is 23.5 Å². The van der Waals surface area contributed by atoms with E-state index < -0.39 is 0 Å². The van der Waals surface area contributed by atoms with Crippen LogP contribution in [-0.2, 0) is 17.8 Å². The third-order valence-corrected chi connectivity index (χ3v) is 6.30. The molecule has 24 heavy (non-hydrogen) atoms. The van der Waals surface area contributed by atoms with Gasteiger partial charge in [0, 0.05) is 35.8 Å². The number of benzene rings is 1. The first-order valence-electron chi connectivity index (χ1n) is 8.98. The molecule has 4 rings (SSSR count). The van der Waals surface area contributed by atoms with Gasteiger partial charge >= 0.3 is 0 Å². The average molecular weight is 340 g/mol. The van der Waals surface area contributed by atoms with E-state index in [1.54, 1.807) is 0 Å². The number of fused-ring (bicyclic) bond motifs is 1.